The van der Waals surface area contributed by atoms with Crippen LogP contribution in [0.3, 0.4) is 0 Å². The lowest BCUT2D eigenvalue weighted by atomic mass is 10.2. The third-order valence-corrected chi connectivity index (χ3v) is 5.48. The predicted molar refractivity (Wildman–Crippen MR) is 126 cm³/mol. The van der Waals surface area contributed by atoms with Crippen LogP contribution < -0.4 is 14.8 Å². The van der Waals surface area contributed by atoms with E-state index in [2.05, 4.69) is 10.3 Å². The minimum absolute atomic E-state index is 0.153. The van der Waals surface area contributed by atoms with Crippen molar-refractivity contribution in [2.24, 2.45) is 4.99 Å². The van der Waals surface area contributed by atoms with E-state index in [0.29, 0.717) is 33.7 Å². The number of thioether (sulfide) groups is 1. The molecule has 3 aromatic carbocycles. The van der Waals surface area contributed by atoms with Crippen LogP contribution in [0.15, 0.2) is 76.6 Å². The number of rotatable bonds is 7. The van der Waals surface area contributed by atoms with Gasteiger partial charge in [-0.15, -0.1) is 0 Å². The van der Waals surface area contributed by atoms with E-state index in [9.17, 15) is 13.6 Å². The number of carbonyl (C=O) groups excluding carboxylic acids is 1. The van der Waals surface area contributed by atoms with Gasteiger partial charge in [-0.2, -0.15) is 0 Å². The molecule has 0 aromatic heterocycles. The first-order valence-electron chi connectivity index (χ1n) is 10.2. The monoisotopic (exact) mass is 466 g/mol. The van der Waals surface area contributed by atoms with Crippen molar-refractivity contribution < 1.29 is 23.0 Å². The summed E-state index contributed by atoms with van der Waals surface area (Å²) in [5, 5.41) is 2.95. The molecule has 5 nitrogen and oxygen atoms in total. The lowest BCUT2D eigenvalue weighted by Crippen LogP contribution is -2.19. The predicted octanol–water partition coefficient (Wildman–Crippen LogP) is 5.83. The zero-order chi connectivity index (χ0) is 23.2. The number of carbonyl (C=O) groups is 1. The fourth-order valence-corrected chi connectivity index (χ4v) is 3.91. The Morgan fingerprint density at radius 3 is 2.64 bits per heavy atom. The van der Waals surface area contributed by atoms with Crippen molar-refractivity contribution in [3.8, 4) is 11.5 Å². The lowest BCUT2D eigenvalue weighted by Gasteiger charge is -2.13. The van der Waals surface area contributed by atoms with Crippen LogP contribution in [-0.4, -0.2) is 17.7 Å². The van der Waals surface area contributed by atoms with Gasteiger partial charge >= 0.3 is 0 Å². The average molecular weight is 467 g/mol. The maximum Gasteiger partial charge on any atom is 0.264 e. The van der Waals surface area contributed by atoms with Gasteiger partial charge in [0, 0.05) is 0 Å². The van der Waals surface area contributed by atoms with Crippen molar-refractivity contribution in [2.45, 2.75) is 13.5 Å². The first-order valence-corrected chi connectivity index (χ1v) is 11.0. The molecular formula is C25H20F2N2O3S. The second-order valence-electron chi connectivity index (χ2n) is 6.99. The molecule has 168 valence electrons. The van der Waals surface area contributed by atoms with Crippen molar-refractivity contribution >= 4 is 34.6 Å². The largest absolute Gasteiger partial charge is 0.490 e. The maximum absolute atomic E-state index is 13.8. The van der Waals surface area contributed by atoms with Gasteiger partial charge in [0.1, 0.15) is 23.9 Å². The zero-order valence-corrected chi connectivity index (χ0v) is 18.5. The number of benzene rings is 3. The summed E-state index contributed by atoms with van der Waals surface area (Å²) in [6.45, 7) is 2.46. The molecular weight excluding hydrogens is 446 g/mol. The Morgan fingerprint density at radius 2 is 1.85 bits per heavy atom. The van der Waals surface area contributed by atoms with Crippen molar-refractivity contribution in [1.82, 2.24) is 5.32 Å². The minimum atomic E-state index is -0.465. The highest BCUT2D eigenvalue weighted by Crippen LogP contribution is 2.33. The fraction of sp³-hybridized carbons (Fsp3) is 0.120. The molecule has 0 aliphatic carbocycles. The highest BCUT2D eigenvalue weighted by Gasteiger charge is 2.24. The molecule has 0 radical (unpaired) electrons. The number of hydrogen-bond acceptors (Lipinski definition) is 5. The molecule has 1 N–H and O–H groups in total. The summed E-state index contributed by atoms with van der Waals surface area (Å²) in [5.41, 5.74) is 1.57. The molecule has 3 aromatic rings. The number of ether oxygens (including phenoxy) is 2. The number of hydrogen-bond donors (Lipinski definition) is 1. The summed E-state index contributed by atoms with van der Waals surface area (Å²) in [6, 6.07) is 17.6. The van der Waals surface area contributed by atoms with Crippen LogP contribution in [0.4, 0.5) is 14.5 Å². The van der Waals surface area contributed by atoms with Gasteiger partial charge in [-0.05, 0) is 72.3 Å². The van der Waals surface area contributed by atoms with E-state index in [1.807, 2.05) is 6.92 Å². The summed E-state index contributed by atoms with van der Waals surface area (Å²) in [7, 11) is 0. The summed E-state index contributed by atoms with van der Waals surface area (Å²) >= 11 is 1.13. The Morgan fingerprint density at radius 1 is 1.00 bits per heavy atom. The number of amides is 1. The first-order chi connectivity index (χ1) is 16.0. The molecule has 1 aliphatic heterocycles. The molecule has 1 aliphatic rings. The number of amidine groups is 1. The normalized spacial score (nSPS) is 15.7. The Balaban J connectivity index is 1.52. The average Bonchev–Trinajstić information content (AvgIpc) is 3.13. The van der Waals surface area contributed by atoms with Gasteiger partial charge in [-0.25, -0.2) is 13.8 Å². The van der Waals surface area contributed by atoms with Crippen molar-refractivity contribution in [3.63, 3.8) is 0 Å². The summed E-state index contributed by atoms with van der Waals surface area (Å²) < 4.78 is 38.7. The maximum atomic E-state index is 13.8. The van der Waals surface area contributed by atoms with Crippen LogP contribution in [-0.2, 0) is 11.4 Å². The zero-order valence-electron chi connectivity index (χ0n) is 17.7. The van der Waals surface area contributed by atoms with Crippen LogP contribution in [0.5, 0.6) is 11.5 Å². The van der Waals surface area contributed by atoms with E-state index in [-0.39, 0.29) is 24.0 Å². The highest BCUT2D eigenvalue weighted by molar-refractivity contribution is 8.18. The molecule has 4 rings (SSSR count). The molecule has 1 saturated heterocycles. The van der Waals surface area contributed by atoms with E-state index in [4.69, 9.17) is 9.47 Å². The molecule has 0 unspecified atom stereocenters. The second-order valence-corrected chi connectivity index (χ2v) is 8.02. The highest BCUT2D eigenvalue weighted by atomic mass is 32.2. The number of para-hydroxylation sites is 1. The van der Waals surface area contributed by atoms with Crippen molar-refractivity contribution in [2.75, 3.05) is 6.61 Å². The molecule has 0 atom stereocenters. The number of nitrogens with one attached hydrogen (secondary N) is 1. The quantitative estimate of drug-likeness (QED) is 0.445. The van der Waals surface area contributed by atoms with Gasteiger partial charge in [0.25, 0.3) is 5.91 Å². The third-order valence-electron chi connectivity index (χ3n) is 4.57. The van der Waals surface area contributed by atoms with Crippen molar-refractivity contribution in [3.05, 3.63) is 94.4 Å². The Kier molecular flexibility index (Phi) is 7.04. The van der Waals surface area contributed by atoms with Crippen molar-refractivity contribution in [1.29, 1.82) is 0 Å². The van der Waals surface area contributed by atoms with E-state index in [0.717, 1.165) is 17.3 Å². The van der Waals surface area contributed by atoms with Crippen LogP contribution in [0.25, 0.3) is 6.08 Å². The van der Waals surface area contributed by atoms with E-state index in [1.54, 1.807) is 48.5 Å². The Bertz CT molecular complexity index is 1240. The third kappa shape index (κ3) is 5.78. The van der Waals surface area contributed by atoms with Gasteiger partial charge in [0.15, 0.2) is 16.7 Å². The molecule has 33 heavy (non-hydrogen) atoms. The molecule has 0 bridgehead atoms. The molecule has 0 spiro atoms. The van der Waals surface area contributed by atoms with Gasteiger partial charge < -0.3 is 14.8 Å². The van der Waals surface area contributed by atoms with Gasteiger partial charge in [0.05, 0.1) is 11.5 Å². The van der Waals surface area contributed by atoms with Gasteiger partial charge in [-0.1, -0.05) is 30.3 Å². The lowest BCUT2D eigenvalue weighted by molar-refractivity contribution is -0.115. The molecule has 1 heterocycles. The summed E-state index contributed by atoms with van der Waals surface area (Å²) in [6.07, 6.45) is 1.70. The van der Waals surface area contributed by atoms with E-state index in [1.165, 1.54) is 24.3 Å². The fourth-order valence-electron chi connectivity index (χ4n) is 3.07. The minimum Gasteiger partial charge on any atom is -0.490 e. The molecule has 0 saturated carbocycles. The van der Waals surface area contributed by atoms with Gasteiger partial charge in [-0.3, -0.25) is 4.79 Å². The van der Waals surface area contributed by atoms with E-state index >= 15 is 0 Å². The van der Waals surface area contributed by atoms with Crippen LogP contribution in [0.1, 0.15) is 18.1 Å². The standard InChI is InChI=1S/C25H20F2N2O3S/c1-2-31-22-13-16(10-11-21(22)32-15-17-6-5-7-18(26)12-17)14-23-24(30)29-25(33-23)28-20-9-4-3-8-19(20)27/h3-14H,2,15H2,1H3,(H,28,29,30)/b23-14-. The van der Waals surface area contributed by atoms with E-state index < -0.39 is 5.82 Å². The Labute approximate surface area is 194 Å². The van der Waals surface area contributed by atoms with Crippen LogP contribution >= 0.6 is 11.8 Å². The Hall–Kier alpha value is -3.65. The number of nitrogens with zero attached hydrogens (tertiary/aromatic N) is 1. The second kappa shape index (κ2) is 10.3. The molecule has 8 heteroatoms. The summed E-state index contributed by atoms with van der Waals surface area (Å²) in [5.74, 6) is -0.0965. The topological polar surface area (TPSA) is 59.9 Å². The van der Waals surface area contributed by atoms with Crippen LogP contribution in [0, 0.1) is 11.6 Å². The molecule has 1 fully saturated rings. The van der Waals surface area contributed by atoms with Crippen LogP contribution in [0.2, 0.25) is 0 Å². The first kappa shape index (κ1) is 22.5. The summed E-state index contributed by atoms with van der Waals surface area (Å²) in [4.78, 5) is 17.0. The number of aliphatic imine (C=N–C) groups is 1. The smallest absolute Gasteiger partial charge is 0.264 e. The SMILES string of the molecule is CCOc1cc(/C=C2\SC(=Nc3ccccc3F)NC2=O)ccc1OCc1cccc(F)c1. The van der Waals surface area contributed by atoms with Gasteiger partial charge in [0.2, 0.25) is 0 Å². The number of halogens is 2. The molecule has 1 amide bonds.